The van der Waals surface area contributed by atoms with Gasteiger partial charge in [0.2, 0.25) is 0 Å². The predicted octanol–water partition coefficient (Wildman–Crippen LogP) is 3.19. The van der Waals surface area contributed by atoms with E-state index in [-0.39, 0.29) is 24.0 Å². The highest BCUT2D eigenvalue weighted by molar-refractivity contribution is 14.0. The van der Waals surface area contributed by atoms with Crippen molar-refractivity contribution in [1.29, 1.82) is 0 Å². The van der Waals surface area contributed by atoms with Gasteiger partial charge in [0.25, 0.3) is 0 Å². The van der Waals surface area contributed by atoms with Crippen LogP contribution in [0.5, 0.6) is 5.75 Å². The zero-order valence-corrected chi connectivity index (χ0v) is 18.5. The van der Waals surface area contributed by atoms with E-state index >= 15 is 0 Å². The van der Waals surface area contributed by atoms with Crippen LogP contribution in [0.3, 0.4) is 0 Å². The molecule has 0 radical (unpaired) electrons. The molecule has 5 nitrogen and oxygen atoms in total. The number of benzene rings is 1. The molecule has 0 saturated heterocycles. The van der Waals surface area contributed by atoms with Crippen LogP contribution in [0.1, 0.15) is 32.3 Å². The van der Waals surface area contributed by atoms with Gasteiger partial charge in [-0.25, -0.2) is 0 Å². The Labute approximate surface area is 169 Å². The number of nitrogens with one attached hydrogen (secondary N) is 1. The second kappa shape index (κ2) is 10.9. The second-order valence-electron chi connectivity index (χ2n) is 6.61. The summed E-state index contributed by atoms with van der Waals surface area (Å²) in [6.45, 7) is 6.69. The standard InChI is InChI=1S/C19H32N4O.HI/c1-6-24-18-11-7-16(8-12-18)14-22(4)19(20-3)21-13-15(2)23(5)17-9-10-17;/h7-8,11-12,15,17H,6,9-10,13-14H2,1-5H3,(H,20,21);1H. The molecule has 1 atom stereocenters. The molecule has 1 aromatic carbocycles. The second-order valence-corrected chi connectivity index (χ2v) is 6.61. The van der Waals surface area contributed by atoms with E-state index in [1.165, 1.54) is 18.4 Å². The average molecular weight is 460 g/mol. The van der Waals surface area contributed by atoms with Gasteiger partial charge in [0.05, 0.1) is 6.61 Å². The Bertz CT molecular complexity index is 531. The number of halogens is 1. The summed E-state index contributed by atoms with van der Waals surface area (Å²) >= 11 is 0. The normalized spacial score (nSPS) is 15.5. The quantitative estimate of drug-likeness (QED) is 0.368. The third-order valence-electron chi connectivity index (χ3n) is 4.60. The van der Waals surface area contributed by atoms with Crippen molar-refractivity contribution in [2.45, 2.75) is 45.3 Å². The Hall–Kier alpha value is -1.02. The lowest BCUT2D eigenvalue weighted by atomic mass is 10.2. The molecule has 2 rings (SSSR count). The van der Waals surface area contributed by atoms with E-state index in [0.29, 0.717) is 12.6 Å². The summed E-state index contributed by atoms with van der Waals surface area (Å²) in [5.41, 5.74) is 1.24. The minimum Gasteiger partial charge on any atom is -0.494 e. The maximum atomic E-state index is 5.49. The molecule has 1 saturated carbocycles. The van der Waals surface area contributed by atoms with Crippen LogP contribution in [-0.4, -0.2) is 62.1 Å². The fourth-order valence-electron chi connectivity index (χ4n) is 2.82. The number of hydrogen-bond donors (Lipinski definition) is 1. The summed E-state index contributed by atoms with van der Waals surface area (Å²) in [4.78, 5) is 9.03. The molecule has 1 unspecified atom stereocenters. The number of ether oxygens (including phenoxy) is 1. The SMILES string of the molecule is CCOc1ccc(CN(C)C(=NC)NCC(C)N(C)C2CC2)cc1.I. The number of guanidine groups is 1. The van der Waals surface area contributed by atoms with Crippen molar-refractivity contribution in [3.63, 3.8) is 0 Å². The lowest BCUT2D eigenvalue weighted by Crippen LogP contribution is -2.45. The minimum atomic E-state index is 0. The highest BCUT2D eigenvalue weighted by Gasteiger charge is 2.29. The first-order chi connectivity index (χ1) is 11.5. The van der Waals surface area contributed by atoms with Crippen LogP contribution in [0.25, 0.3) is 0 Å². The van der Waals surface area contributed by atoms with Crippen molar-refractivity contribution in [2.75, 3.05) is 34.3 Å². The van der Waals surface area contributed by atoms with Crippen LogP contribution >= 0.6 is 24.0 Å². The Morgan fingerprint density at radius 2 is 1.92 bits per heavy atom. The van der Waals surface area contributed by atoms with Gasteiger partial charge in [-0.2, -0.15) is 0 Å². The van der Waals surface area contributed by atoms with E-state index in [1.807, 2.05) is 26.1 Å². The van der Waals surface area contributed by atoms with Gasteiger partial charge < -0.3 is 15.0 Å². The zero-order valence-electron chi connectivity index (χ0n) is 16.2. The van der Waals surface area contributed by atoms with E-state index in [4.69, 9.17) is 4.74 Å². The molecule has 0 bridgehead atoms. The molecule has 1 aliphatic rings. The van der Waals surface area contributed by atoms with Gasteiger partial charge in [-0.1, -0.05) is 12.1 Å². The predicted molar refractivity (Wildman–Crippen MR) is 116 cm³/mol. The zero-order chi connectivity index (χ0) is 17.5. The molecular weight excluding hydrogens is 427 g/mol. The Balaban J connectivity index is 0.00000312. The maximum absolute atomic E-state index is 5.49. The topological polar surface area (TPSA) is 40.1 Å². The van der Waals surface area contributed by atoms with Gasteiger partial charge in [0.15, 0.2) is 5.96 Å². The lowest BCUT2D eigenvalue weighted by molar-refractivity contribution is 0.246. The molecule has 25 heavy (non-hydrogen) atoms. The van der Waals surface area contributed by atoms with Crippen molar-refractivity contribution < 1.29 is 4.74 Å². The monoisotopic (exact) mass is 460 g/mol. The molecule has 1 aliphatic carbocycles. The van der Waals surface area contributed by atoms with Crippen LogP contribution < -0.4 is 10.1 Å². The molecule has 1 N–H and O–H groups in total. The Kier molecular flexibility index (Phi) is 9.56. The molecule has 1 fully saturated rings. The first-order valence-electron chi connectivity index (χ1n) is 8.90. The van der Waals surface area contributed by atoms with E-state index in [0.717, 1.165) is 30.8 Å². The molecule has 0 aliphatic heterocycles. The van der Waals surface area contributed by atoms with E-state index in [1.54, 1.807) is 0 Å². The third-order valence-corrected chi connectivity index (χ3v) is 4.60. The lowest BCUT2D eigenvalue weighted by Gasteiger charge is -2.28. The highest BCUT2D eigenvalue weighted by Crippen LogP contribution is 2.26. The van der Waals surface area contributed by atoms with Crippen LogP contribution in [0.4, 0.5) is 0 Å². The summed E-state index contributed by atoms with van der Waals surface area (Å²) in [5, 5.41) is 3.49. The van der Waals surface area contributed by atoms with Crippen LogP contribution in [0.15, 0.2) is 29.3 Å². The van der Waals surface area contributed by atoms with Crippen molar-refractivity contribution in [3.8, 4) is 5.75 Å². The van der Waals surface area contributed by atoms with Crippen LogP contribution in [-0.2, 0) is 6.54 Å². The Morgan fingerprint density at radius 3 is 2.44 bits per heavy atom. The van der Waals surface area contributed by atoms with Gasteiger partial charge in [-0.15, -0.1) is 24.0 Å². The fraction of sp³-hybridized carbons (Fsp3) is 0.632. The van der Waals surface area contributed by atoms with Crippen LogP contribution in [0.2, 0.25) is 0 Å². The number of likely N-dealkylation sites (N-methyl/N-ethyl adjacent to an activating group) is 1. The number of rotatable bonds is 8. The fourth-order valence-corrected chi connectivity index (χ4v) is 2.82. The summed E-state index contributed by atoms with van der Waals surface area (Å²) in [6, 6.07) is 9.56. The summed E-state index contributed by atoms with van der Waals surface area (Å²) < 4.78 is 5.49. The molecule has 0 aromatic heterocycles. The van der Waals surface area contributed by atoms with Gasteiger partial charge >= 0.3 is 0 Å². The summed E-state index contributed by atoms with van der Waals surface area (Å²) in [7, 11) is 6.13. The van der Waals surface area contributed by atoms with Crippen LogP contribution in [0, 0.1) is 0 Å². The molecule has 0 amide bonds. The van der Waals surface area contributed by atoms with Crippen molar-refractivity contribution in [2.24, 2.45) is 4.99 Å². The van der Waals surface area contributed by atoms with E-state index < -0.39 is 0 Å². The molecule has 0 heterocycles. The first-order valence-corrected chi connectivity index (χ1v) is 8.90. The highest BCUT2D eigenvalue weighted by atomic mass is 127. The van der Waals surface area contributed by atoms with E-state index in [9.17, 15) is 0 Å². The summed E-state index contributed by atoms with van der Waals surface area (Å²) in [6.07, 6.45) is 2.68. The van der Waals surface area contributed by atoms with Gasteiger partial charge in [-0.05, 0) is 51.4 Å². The van der Waals surface area contributed by atoms with Gasteiger partial charge in [-0.3, -0.25) is 9.89 Å². The number of nitrogens with zero attached hydrogens (tertiary/aromatic N) is 3. The van der Waals surface area contributed by atoms with E-state index in [2.05, 4.69) is 53.3 Å². The molecule has 1 aromatic rings. The number of hydrogen-bond acceptors (Lipinski definition) is 3. The maximum Gasteiger partial charge on any atom is 0.193 e. The molecule has 0 spiro atoms. The number of aliphatic imine (C=N–C) groups is 1. The third kappa shape index (κ3) is 7.01. The minimum absolute atomic E-state index is 0. The average Bonchev–Trinajstić information content (AvgIpc) is 3.41. The Morgan fingerprint density at radius 1 is 1.28 bits per heavy atom. The van der Waals surface area contributed by atoms with Gasteiger partial charge in [0.1, 0.15) is 5.75 Å². The largest absolute Gasteiger partial charge is 0.494 e. The first kappa shape index (κ1) is 22.0. The molecular formula is C19H33IN4O. The van der Waals surface area contributed by atoms with Crippen molar-refractivity contribution in [1.82, 2.24) is 15.1 Å². The smallest absolute Gasteiger partial charge is 0.193 e. The van der Waals surface area contributed by atoms with Crippen molar-refractivity contribution >= 4 is 29.9 Å². The van der Waals surface area contributed by atoms with Crippen molar-refractivity contribution in [3.05, 3.63) is 29.8 Å². The van der Waals surface area contributed by atoms with Gasteiger partial charge in [0, 0.05) is 39.3 Å². The molecule has 142 valence electrons. The summed E-state index contributed by atoms with van der Waals surface area (Å²) in [5.74, 6) is 1.85. The molecule has 6 heteroatoms.